The van der Waals surface area contributed by atoms with Gasteiger partial charge in [0.1, 0.15) is 6.61 Å². The third kappa shape index (κ3) is 2.10. The van der Waals surface area contributed by atoms with Crippen LogP contribution in [-0.2, 0) is 19.1 Å². The summed E-state index contributed by atoms with van der Waals surface area (Å²) in [5.74, 6) is 0.704. The number of hydrogen-bond acceptors (Lipinski definition) is 4. The lowest BCUT2D eigenvalue weighted by molar-refractivity contribution is -0.143. The third-order valence-electron chi connectivity index (χ3n) is 6.73. The molecule has 0 unspecified atom stereocenters. The predicted octanol–water partition coefficient (Wildman–Crippen LogP) is 3.26. The Kier molecular flexibility index (Phi) is 3.82. The number of ether oxygens (including phenoxy) is 2. The third-order valence-corrected chi connectivity index (χ3v) is 6.73. The molecular weight excluding hydrogens is 280 g/mol. The average Bonchev–Trinajstić information content (AvgIpc) is 2.86. The molecule has 2 aliphatic carbocycles. The number of carbonyl (C=O) groups is 2. The monoisotopic (exact) mass is 306 g/mol. The minimum Gasteiger partial charge on any atom is -0.469 e. The molecule has 0 N–H and O–H groups in total. The van der Waals surface area contributed by atoms with Gasteiger partial charge in [-0.15, -0.1) is 0 Å². The number of rotatable bonds is 3. The predicted molar refractivity (Wildman–Crippen MR) is 82.0 cm³/mol. The number of esters is 2. The van der Waals surface area contributed by atoms with Crippen molar-refractivity contribution in [1.82, 2.24) is 0 Å². The smallest absolute Gasteiger partial charge is 0.334 e. The van der Waals surface area contributed by atoms with Crippen LogP contribution in [0.15, 0.2) is 11.6 Å². The molecule has 4 nitrogen and oxygen atoms in total. The lowest BCUT2D eigenvalue weighted by Gasteiger charge is -2.56. The van der Waals surface area contributed by atoms with E-state index in [0.29, 0.717) is 24.9 Å². The van der Waals surface area contributed by atoms with Crippen molar-refractivity contribution in [3.05, 3.63) is 11.6 Å². The van der Waals surface area contributed by atoms with Crippen molar-refractivity contribution in [3.63, 3.8) is 0 Å². The molecule has 1 saturated heterocycles. The largest absolute Gasteiger partial charge is 0.469 e. The molecule has 1 spiro atoms. The quantitative estimate of drug-likeness (QED) is 0.751. The zero-order valence-electron chi connectivity index (χ0n) is 13.8. The van der Waals surface area contributed by atoms with E-state index >= 15 is 0 Å². The highest BCUT2D eigenvalue weighted by Gasteiger charge is 2.60. The molecule has 4 heteroatoms. The van der Waals surface area contributed by atoms with E-state index in [2.05, 4.69) is 19.9 Å². The van der Waals surface area contributed by atoms with Gasteiger partial charge in [0, 0.05) is 17.4 Å². The normalized spacial score (nSPS) is 40.3. The molecule has 1 aliphatic heterocycles. The summed E-state index contributed by atoms with van der Waals surface area (Å²) < 4.78 is 10.3. The number of hydrogen-bond donors (Lipinski definition) is 0. The molecule has 0 aromatic rings. The second-order valence-corrected chi connectivity index (χ2v) is 7.50. The first-order valence-corrected chi connectivity index (χ1v) is 8.38. The Bertz CT molecular complexity index is 523. The number of carbonyl (C=O) groups excluding carboxylic acids is 2. The van der Waals surface area contributed by atoms with Gasteiger partial charge < -0.3 is 9.47 Å². The molecule has 3 aliphatic rings. The summed E-state index contributed by atoms with van der Waals surface area (Å²) in [4.78, 5) is 23.7. The molecule has 0 amide bonds. The topological polar surface area (TPSA) is 52.6 Å². The Balaban J connectivity index is 1.92. The molecule has 0 aromatic carbocycles. The second-order valence-electron chi connectivity index (χ2n) is 7.50. The summed E-state index contributed by atoms with van der Waals surface area (Å²) in [5, 5.41) is 0. The number of allylic oxidation sites excluding steroid dienone is 1. The van der Waals surface area contributed by atoms with Crippen LogP contribution in [-0.4, -0.2) is 25.7 Å². The highest BCUT2D eigenvalue weighted by Crippen LogP contribution is 2.63. The van der Waals surface area contributed by atoms with Gasteiger partial charge in [-0.1, -0.05) is 19.9 Å². The van der Waals surface area contributed by atoms with E-state index in [-0.39, 0.29) is 22.8 Å². The first-order chi connectivity index (χ1) is 10.4. The van der Waals surface area contributed by atoms with Crippen LogP contribution in [0, 0.1) is 22.7 Å². The molecule has 1 saturated carbocycles. The van der Waals surface area contributed by atoms with Crippen LogP contribution in [0.4, 0.5) is 0 Å². The van der Waals surface area contributed by atoms with Gasteiger partial charge in [0.05, 0.1) is 7.11 Å². The molecule has 3 rings (SSSR count). The summed E-state index contributed by atoms with van der Waals surface area (Å²) in [5.41, 5.74) is 0.868. The van der Waals surface area contributed by atoms with Crippen molar-refractivity contribution in [3.8, 4) is 0 Å². The standard InChI is InChI=1S/C18H26O4/c1-12-7-10-18-11-22-16(20)13(18)5-4-6-14(18)17(12,2)9-8-15(19)21-3/h5,12,14H,4,6-11H2,1-3H3/t12-,14-,17+,18-/m1/s1. The summed E-state index contributed by atoms with van der Waals surface area (Å²) in [7, 11) is 1.45. The van der Waals surface area contributed by atoms with Crippen LogP contribution < -0.4 is 0 Å². The summed E-state index contributed by atoms with van der Waals surface area (Å²) in [6, 6.07) is 0. The first kappa shape index (κ1) is 15.6. The maximum atomic E-state index is 12.1. The van der Waals surface area contributed by atoms with Crippen molar-refractivity contribution >= 4 is 11.9 Å². The van der Waals surface area contributed by atoms with Crippen molar-refractivity contribution in [1.29, 1.82) is 0 Å². The van der Waals surface area contributed by atoms with Crippen molar-refractivity contribution in [2.24, 2.45) is 22.7 Å². The van der Waals surface area contributed by atoms with Crippen LogP contribution >= 0.6 is 0 Å². The van der Waals surface area contributed by atoms with Crippen LogP contribution in [0.3, 0.4) is 0 Å². The lowest BCUT2D eigenvalue weighted by Crippen LogP contribution is -2.51. The highest BCUT2D eigenvalue weighted by molar-refractivity contribution is 5.92. The van der Waals surface area contributed by atoms with E-state index in [1.54, 1.807) is 0 Å². The Morgan fingerprint density at radius 3 is 2.95 bits per heavy atom. The van der Waals surface area contributed by atoms with Gasteiger partial charge in [-0.25, -0.2) is 4.79 Å². The fourth-order valence-corrected chi connectivity index (χ4v) is 5.18. The van der Waals surface area contributed by atoms with Gasteiger partial charge in [-0.2, -0.15) is 0 Å². The van der Waals surface area contributed by atoms with Gasteiger partial charge in [-0.05, 0) is 49.4 Å². The molecule has 2 fully saturated rings. The Morgan fingerprint density at radius 2 is 2.23 bits per heavy atom. The van der Waals surface area contributed by atoms with E-state index in [1.807, 2.05) is 0 Å². The molecule has 0 bridgehead atoms. The van der Waals surface area contributed by atoms with Crippen molar-refractivity contribution < 1.29 is 19.1 Å². The molecule has 122 valence electrons. The average molecular weight is 306 g/mol. The Labute approximate surface area is 132 Å². The van der Waals surface area contributed by atoms with Crippen molar-refractivity contribution in [2.45, 2.75) is 52.4 Å². The Morgan fingerprint density at radius 1 is 1.45 bits per heavy atom. The molecule has 4 atom stereocenters. The fraction of sp³-hybridized carbons (Fsp3) is 0.778. The lowest BCUT2D eigenvalue weighted by atomic mass is 9.47. The summed E-state index contributed by atoms with van der Waals surface area (Å²) >= 11 is 0. The minimum atomic E-state index is -0.140. The van der Waals surface area contributed by atoms with Gasteiger partial charge in [-0.3, -0.25) is 4.79 Å². The highest BCUT2D eigenvalue weighted by atomic mass is 16.5. The molecule has 0 radical (unpaired) electrons. The van der Waals surface area contributed by atoms with Crippen LogP contribution in [0.25, 0.3) is 0 Å². The molecular formula is C18H26O4. The Hall–Kier alpha value is -1.32. The van der Waals surface area contributed by atoms with Crippen LogP contribution in [0.2, 0.25) is 0 Å². The summed E-state index contributed by atoms with van der Waals surface area (Å²) in [6.07, 6.45) is 7.53. The van der Waals surface area contributed by atoms with Gasteiger partial charge in [0.15, 0.2) is 0 Å². The van der Waals surface area contributed by atoms with Gasteiger partial charge in [0.25, 0.3) is 0 Å². The van der Waals surface area contributed by atoms with Crippen LogP contribution in [0.1, 0.15) is 52.4 Å². The summed E-state index contributed by atoms with van der Waals surface area (Å²) in [6.45, 7) is 5.13. The zero-order chi connectivity index (χ0) is 16.0. The SMILES string of the molecule is COC(=O)CC[C@@]1(C)[C@H](C)CC[C@@]23COC(=O)C2=CCC[C@@H]31. The number of cyclic esters (lactones) is 1. The maximum absolute atomic E-state index is 12.1. The number of methoxy groups -OCH3 is 1. The zero-order valence-corrected chi connectivity index (χ0v) is 13.8. The van der Waals surface area contributed by atoms with E-state index in [1.165, 1.54) is 7.11 Å². The van der Waals surface area contributed by atoms with E-state index < -0.39 is 0 Å². The van der Waals surface area contributed by atoms with Crippen molar-refractivity contribution in [2.75, 3.05) is 13.7 Å². The molecule has 1 heterocycles. The van der Waals surface area contributed by atoms with E-state index in [4.69, 9.17) is 9.47 Å². The maximum Gasteiger partial charge on any atom is 0.334 e. The van der Waals surface area contributed by atoms with E-state index in [9.17, 15) is 9.59 Å². The van der Waals surface area contributed by atoms with Crippen LogP contribution in [0.5, 0.6) is 0 Å². The first-order valence-electron chi connectivity index (χ1n) is 8.38. The second kappa shape index (κ2) is 5.39. The van der Waals surface area contributed by atoms with E-state index in [0.717, 1.165) is 37.7 Å². The van der Waals surface area contributed by atoms with Gasteiger partial charge >= 0.3 is 11.9 Å². The van der Waals surface area contributed by atoms with Gasteiger partial charge in [0.2, 0.25) is 0 Å². The molecule has 0 aromatic heterocycles. The molecule has 22 heavy (non-hydrogen) atoms. The fourth-order valence-electron chi connectivity index (χ4n) is 5.18. The minimum absolute atomic E-state index is 0.0555.